The Hall–Kier alpha value is -0.920. The second kappa shape index (κ2) is 41.3. The molecule has 1 fully saturated rings. The molecule has 0 bridgehead atoms. The van der Waals surface area contributed by atoms with E-state index < -0.39 is 63.1 Å². The molecule has 0 radical (unpaired) electrons. The largest absolute Gasteiger partial charge is 0.472 e. The summed E-state index contributed by atoms with van der Waals surface area (Å²) in [5.41, 5.74) is 0. The third kappa shape index (κ3) is 33.2. The smallest absolute Gasteiger partial charge is 0.457 e. The standard InChI is InChI=1S/C50H97O12P/c1-3-5-7-9-11-13-15-17-19-20-21-22-23-24-25-26-28-30-32-34-36-38-40-59-41-43(42-60-63(57,58)62-50-48(55)46(53)45(52)47(54)49(50)56)61-44(51)39-37-35-33-31-29-27-18-16-14-12-10-8-6-4-2/h16,18,43,45-50,52-56H,3-15,17,19-42H2,1-2H3,(H,57,58)/b18-16-. The summed E-state index contributed by atoms with van der Waals surface area (Å²) >= 11 is 0. The van der Waals surface area contributed by atoms with E-state index in [1.54, 1.807) is 0 Å². The Balaban J connectivity index is 2.30. The van der Waals surface area contributed by atoms with E-state index in [9.17, 15) is 39.8 Å². The molecule has 1 rings (SSSR count). The molecular weight excluding hydrogens is 824 g/mol. The molecule has 0 heterocycles. The van der Waals surface area contributed by atoms with Gasteiger partial charge in [-0.2, -0.15) is 0 Å². The van der Waals surface area contributed by atoms with E-state index in [1.165, 1.54) is 154 Å². The maximum Gasteiger partial charge on any atom is 0.472 e. The number of aliphatic hydroxyl groups is 5. The molecule has 6 atom stereocenters. The Kier molecular flexibility index (Phi) is 39.4. The average molecular weight is 921 g/mol. The van der Waals surface area contributed by atoms with E-state index >= 15 is 0 Å². The van der Waals surface area contributed by atoms with Crippen LogP contribution in [0.2, 0.25) is 0 Å². The topological polar surface area (TPSA) is 192 Å². The molecule has 0 saturated heterocycles. The lowest BCUT2D eigenvalue weighted by atomic mass is 9.85. The van der Waals surface area contributed by atoms with Gasteiger partial charge in [-0.05, 0) is 38.5 Å². The predicted molar refractivity (Wildman–Crippen MR) is 253 cm³/mol. The van der Waals surface area contributed by atoms with Crippen LogP contribution in [0.5, 0.6) is 0 Å². The molecule has 0 amide bonds. The first-order chi connectivity index (χ1) is 30.5. The number of aliphatic hydroxyl groups excluding tert-OH is 5. The van der Waals surface area contributed by atoms with Crippen molar-refractivity contribution < 1.29 is 58.3 Å². The second-order valence-electron chi connectivity index (χ2n) is 18.4. The highest BCUT2D eigenvalue weighted by atomic mass is 31.2. The van der Waals surface area contributed by atoms with E-state index in [1.807, 2.05) is 0 Å². The van der Waals surface area contributed by atoms with Gasteiger partial charge < -0.3 is 39.9 Å². The van der Waals surface area contributed by atoms with Gasteiger partial charge in [0.2, 0.25) is 0 Å². The van der Waals surface area contributed by atoms with Crippen molar-refractivity contribution in [3.8, 4) is 0 Å². The van der Waals surface area contributed by atoms with E-state index in [0.29, 0.717) is 13.0 Å². The van der Waals surface area contributed by atoms with E-state index in [4.69, 9.17) is 18.5 Å². The van der Waals surface area contributed by atoms with Crippen LogP contribution in [0.25, 0.3) is 0 Å². The van der Waals surface area contributed by atoms with Crippen LogP contribution in [0.4, 0.5) is 0 Å². The van der Waals surface area contributed by atoms with Crippen LogP contribution in [0.15, 0.2) is 12.2 Å². The molecule has 0 spiro atoms. The number of esters is 1. The van der Waals surface area contributed by atoms with Crippen molar-refractivity contribution in [2.24, 2.45) is 0 Å². The highest BCUT2D eigenvalue weighted by Gasteiger charge is 2.51. The van der Waals surface area contributed by atoms with Gasteiger partial charge in [-0.15, -0.1) is 0 Å². The highest BCUT2D eigenvalue weighted by Crippen LogP contribution is 2.47. The van der Waals surface area contributed by atoms with E-state index in [-0.39, 0.29) is 13.0 Å². The summed E-state index contributed by atoms with van der Waals surface area (Å²) in [6.45, 7) is 4.28. The summed E-state index contributed by atoms with van der Waals surface area (Å²) in [6.07, 6.45) is 34.3. The first kappa shape index (κ1) is 60.1. The Morgan fingerprint density at radius 2 is 0.841 bits per heavy atom. The lowest BCUT2D eigenvalue weighted by molar-refractivity contribution is -0.220. The Morgan fingerprint density at radius 3 is 1.25 bits per heavy atom. The summed E-state index contributed by atoms with van der Waals surface area (Å²) in [4.78, 5) is 23.2. The van der Waals surface area contributed by atoms with Crippen molar-refractivity contribution in [3.63, 3.8) is 0 Å². The van der Waals surface area contributed by atoms with Crippen molar-refractivity contribution in [3.05, 3.63) is 12.2 Å². The number of ether oxygens (including phenoxy) is 2. The van der Waals surface area contributed by atoms with Crippen molar-refractivity contribution in [2.75, 3.05) is 19.8 Å². The van der Waals surface area contributed by atoms with Crippen molar-refractivity contribution in [1.82, 2.24) is 0 Å². The zero-order valence-electron chi connectivity index (χ0n) is 40.1. The van der Waals surface area contributed by atoms with Gasteiger partial charge in [-0.25, -0.2) is 4.57 Å². The van der Waals surface area contributed by atoms with Crippen molar-refractivity contribution in [2.45, 2.75) is 281 Å². The molecule has 6 N–H and O–H groups in total. The first-order valence-corrected chi connectivity index (χ1v) is 27.5. The number of rotatable bonds is 45. The van der Waals surface area contributed by atoms with Gasteiger partial charge in [-0.1, -0.05) is 206 Å². The number of allylic oxidation sites excluding steroid dienone is 2. The van der Waals surface area contributed by atoms with E-state index in [2.05, 4.69) is 26.0 Å². The van der Waals surface area contributed by atoms with Gasteiger partial charge in [0.25, 0.3) is 0 Å². The van der Waals surface area contributed by atoms with Crippen molar-refractivity contribution >= 4 is 13.8 Å². The van der Waals surface area contributed by atoms with Crippen LogP contribution in [0.3, 0.4) is 0 Å². The monoisotopic (exact) mass is 921 g/mol. The van der Waals surface area contributed by atoms with Gasteiger partial charge >= 0.3 is 13.8 Å². The number of hydrogen-bond donors (Lipinski definition) is 6. The zero-order chi connectivity index (χ0) is 46.2. The molecule has 0 aromatic rings. The maximum atomic E-state index is 12.8. The Labute approximate surface area is 384 Å². The molecule has 12 nitrogen and oxygen atoms in total. The fraction of sp³-hybridized carbons (Fsp3) is 0.940. The van der Waals surface area contributed by atoms with Crippen LogP contribution in [-0.2, 0) is 27.9 Å². The van der Waals surface area contributed by atoms with Crippen LogP contribution < -0.4 is 0 Å². The number of phosphoric ester groups is 1. The lowest BCUT2D eigenvalue weighted by Crippen LogP contribution is -2.64. The number of phosphoric acid groups is 1. The molecule has 0 aromatic carbocycles. The minimum Gasteiger partial charge on any atom is -0.457 e. The average Bonchev–Trinajstić information content (AvgIpc) is 3.27. The molecule has 0 aromatic heterocycles. The van der Waals surface area contributed by atoms with Gasteiger partial charge in [0.05, 0.1) is 13.2 Å². The lowest BCUT2D eigenvalue weighted by Gasteiger charge is -2.41. The maximum absolute atomic E-state index is 12.8. The van der Waals surface area contributed by atoms with Crippen molar-refractivity contribution in [1.29, 1.82) is 0 Å². The third-order valence-electron chi connectivity index (χ3n) is 12.4. The molecule has 6 unspecified atom stereocenters. The summed E-state index contributed by atoms with van der Waals surface area (Å²) < 4.78 is 34.3. The van der Waals surface area contributed by atoms with Gasteiger partial charge in [-0.3, -0.25) is 13.8 Å². The molecule has 1 aliphatic rings. The SMILES string of the molecule is CCCCCCC/C=C\CCCCCCCC(=O)OC(COCCCCCCCCCCCCCCCCCCCCCCCC)COP(=O)(O)OC1C(O)C(O)C(O)C(O)C1O. The normalized spacial score (nSPS) is 21.8. The number of hydrogen-bond acceptors (Lipinski definition) is 11. The molecule has 63 heavy (non-hydrogen) atoms. The fourth-order valence-corrected chi connectivity index (χ4v) is 9.21. The Morgan fingerprint density at radius 1 is 0.492 bits per heavy atom. The summed E-state index contributed by atoms with van der Waals surface area (Å²) in [6, 6.07) is 0. The number of unbranched alkanes of at least 4 members (excludes halogenated alkanes) is 31. The number of carbonyl (C=O) groups is 1. The van der Waals surface area contributed by atoms with Gasteiger partial charge in [0.1, 0.15) is 42.7 Å². The molecule has 1 saturated carbocycles. The quantitative estimate of drug-likeness (QED) is 0.0147. The first-order valence-electron chi connectivity index (χ1n) is 26.0. The molecule has 1 aliphatic carbocycles. The van der Waals surface area contributed by atoms with Crippen LogP contribution in [0, 0.1) is 0 Å². The molecule has 13 heteroatoms. The predicted octanol–water partition coefficient (Wildman–Crippen LogP) is 11.5. The van der Waals surface area contributed by atoms with Crippen LogP contribution in [-0.4, -0.2) is 98.9 Å². The summed E-state index contributed by atoms with van der Waals surface area (Å²) in [5, 5.41) is 50.3. The van der Waals surface area contributed by atoms with Crippen LogP contribution >= 0.6 is 7.82 Å². The second-order valence-corrected chi connectivity index (χ2v) is 19.8. The minimum atomic E-state index is -5.02. The van der Waals surface area contributed by atoms with Crippen LogP contribution in [0.1, 0.15) is 239 Å². The minimum absolute atomic E-state index is 0.0739. The van der Waals surface area contributed by atoms with Gasteiger partial charge in [0.15, 0.2) is 0 Å². The van der Waals surface area contributed by atoms with Gasteiger partial charge in [0, 0.05) is 13.0 Å². The Bertz CT molecular complexity index is 1100. The third-order valence-corrected chi connectivity index (χ3v) is 13.4. The van der Waals surface area contributed by atoms with E-state index in [0.717, 1.165) is 57.8 Å². The molecular formula is C50H97O12P. The zero-order valence-corrected chi connectivity index (χ0v) is 41.0. The fourth-order valence-electron chi connectivity index (χ4n) is 8.23. The molecule has 0 aliphatic heterocycles. The summed E-state index contributed by atoms with van der Waals surface area (Å²) in [5.74, 6) is -0.481. The number of carbonyl (C=O) groups excluding carboxylic acids is 1. The highest BCUT2D eigenvalue weighted by molar-refractivity contribution is 7.47. The molecule has 374 valence electrons. The summed E-state index contributed by atoms with van der Waals surface area (Å²) in [7, 11) is -5.02.